The molecule has 1 amide bonds. The molecule has 0 saturated carbocycles. The minimum atomic E-state index is -0.182. The molecule has 0 aliphatic carbocycles. The van der Waals surface area contributed by atoms with Gasteiger partial charge in [0.1, 0.15) is 0 Å². The number of methoxy groups -OCH3 is 1. The summed E-state index contributed by atoms with van der Waals surface area (Å²) in [7, 11) is 1.57. The van der Waals surface area contributed by atoms with E-state index in [1.54, 1.807) is 31.6 Å². The molecule has 0 radical (unpaired) electrons. The lowest BCUT2D eigenvalue weighted by Gasteiger charge is -2.18. The Morgan fingerprint density at radius 1 is 1.14 bits per heavy atom. The van der Waals surface area contributed by atoms with Crippen molar-refractivity contribution in [3.05, 3.63) is 53.3 Å². The zero-order valence-corrected chi connectivity index (χ0v) is 16.7. The molecule has 1 heterocycles. The second kappa shape index (κ2) is 12.0. The van der Waals surface area contributed by atoms with Gasteiger partial charge in [-0.05, 0) is 42.7 Å². The number of hydrogen-bond donors (Lipinski definition) is 2. The molecule has 0 fully saturated rings. The maximum Gasteiger partial charge on any atom is 0.251 e. The van der Waals surface area contributed by atoms with E-state index in [0.29, 0.717) is 42.2 Å². The first-order chi connectivity index (χ1) is 13.7. The number of nitrogens with one attached hydrogen (secondary N) is 1. The molecule has 0 spiro atoms. The highest BCUT2D eigenvalue weighted by Crippen LogP contribution is 2.34. The Kier molecular flexibility index (Phi) is 9.28. The molecule has 1 aromatic carbocycles. The predicted molar refractivity (Wildman–Crippen MR) is 109 cm³/mol. The number of hydrogen-bond acceptors (Lipinski definition) is 5. The number of amides is 1. The topological polar surface area (TPSA) is 80.7 Å². The third-order valence-corrected chi connectivity index (χ3v) is 4.49. The number of aliphatic hydroxyl groups excluding tert-OH is 1. The van der Waals surface area contributed by atoms with Crippen LogP contribution >= 0.6 is 0 Å². The van der Waals surface area contributed by atoms with Gasteiger partial charge in [-0.2, -0.15) is 0 Å². The van der Waals surface area contributed by atoms with Crippen molar-refractivity contribution in [3.63, 3.8) is 0 Å². The van der Waals surface area contributed by atoms with Gasteiger partial charge in [-0.25, -0.2) is 0 Å². The summed E-state index contributed by atoms with van der Waals surface area (Å²) in [6, 6.07) is 7.33. The zero-order valence-electron chi connectivity index (χ0n) is 16.7. The molecular formula is C22H30N2O4. The van der Waals surface area contributed by atoms with E-state index in [1.165, 1.54) is 0 Å². The Bertz CT molecular complexity index is 735. The molecule has 0 aliphatic heterocycles. The maximum atomic E-state index is 12.8. The number of unbranched alkanes of at least 4 members (excludes halogenated alkanes) is 2. The number of carbonyl (C=O) groups excluding carboxylic acids is 1. The largest absolute Gasteiger partial charge is 0.493 e. The minimum Gasteiger partial charge on any atom is -0.493 e. The molecule has 1 aromatic heterocycles. The average molecular weight is 386 g/mol. The van der Waals surface area contributed by atoms with Gasteiger partial charge in [0, 0.05) is 43.1 Å². The van der Waals surface area contributed by atoms with Gasteiger partial charge in [0.25, 0.3) is 5.91 Å². The summed E-state index contributed by atoms with van der Waals surface area (Å²) in [5.41, 5.74) is 2.30. The Hall–Kier alpha value is -2.60. The molecule has 0 aliphatic rings. The van der Waals surface area contributed by atoms with Crippen LogP contribution in [0.5, 0.6) is 11.5 Å². The average Bonchev–Trinajstić information content (AvgIpc) is 2.72. The van der Waals surface area contributed by atoms with E-state index < -0.39 is 0 Å². The molecule has 0 saturated heterocycles. The summed E-state index contributed by atoms with van der Waals surface area (Å²) >= 11 is 0. The number of carbonyl (C=O) groups is 1. The Morgan fingerprint density at radius 3 is 2.61 bits per heavy atom. The number of benzene rings is 1. The standard InChI is InChI=1S/C22H30N2O4/c1-3-4-5-16-28-21-18(11-15-25)19(6-7-20(21)27-2)22(26)24-14-10-17-8-12-23-13-9-17/h6-9,12-13,25H,3-5,10-11,14-16H2,1-2H3,(H,24,26). The number of aromatic nitrogens is 1. The van der Waals surface area contributed by atoms with Crippen LogP contribution in [-0.2, 0) is 12.8 Å². The lowest BCUT2D eigenvalue weighted by Crippen LogP contribution is -2.27. The SMILES string of the molecule is CCCCCOc1c(OC)ccc(C(=O)NCCc2ccncc2)c1CCO. The van der Waals surface area contributed by atoms with Crippen LogP contribution in [0.25, 0.3) is 0 Å². The van der Waals surface area contributed by atoms with E-state index >= 15 is 0 Å². The monoisotopic (exact) mass is 386 g/mol. The third-order valence-electron chi connectivity index (χ3n) is 4.49. The summed E-state index contributed by atoms with van der Waals surface area (Å²) in [4.78, 5) is 16.8. The van der Waals surface area contributed by atoms with E-state index in [4.69, 9.17) is 9.47 Å². The van der Waals surface area contributed by atoms with E-state index in [2.05, 4.69) is 17.2 Å². The maximum absolute atomic E-state index is 12.8. The second-order valence-electron chi connectivity index (χ2n) is 6.51. The second-order valence-corrected chi connectivity index (χ2v) is 6.51. The number of ether oxygens (including phenoxy) is 2. The first kappa shape index (κ1) is 21.7. The summed E-state index contributed by atoms with van der Waals surface area (Å²) in [5.74, 6) is 0.946. The van der Waals surface area contributed by atoms with Crippen molar-refractivity contribution < 1.29 is 19.4 Å². The normalized spacial score (nSPS) is 10.5. The number of aliphatic hydroxyl groups is 1. The third kappa shape index (κ3) is 6.23. The predicted octanol–water partition coefficient (Wildman–Crippen LogP) is 3.17. The van der Waals surface area contributed by atoms with Gasteiger partial charge in [0.05, 0.1) is 13.7 Å². The van der Waals surface area contributed by atoms with Crippen molar-refractivity contribution in [3.8, 4) is 11.5 Å². The van der Waals surface area contributed by atoms with Gasteiger partial charge >= 0.3 is 0 Å². The molecule has 0 bridgehead atoms. The fourth-order valence-electron chi connectivity index (χ4n) is 2.99. The smallest absolute Gasteiger partial charge is 0.251 e. The number of nitrogens with zero attached hydrogens (tertiary/aromatic N) is 1. The highest BCUT2D eigenvalue weighted by Gasteiger charge is 2.19. The Labute approximate surface area is 166 Å². The van der Waals surface area contributed by atoms with Crippen molar-refractivity contribution in [1.29, 1.82) is 0 Å². The zero-order chi connectivity index (χ0) is 20.2. The molecule has 0 atom stereocenters. The lowest BCUT2D eigenvalue weighted by molar-refractivity contribution is 0.0952. The molecule has 6 heteroatoms. The summed E-state index contributed by atoms with van der Waals surface area (Å²) in [6.45, 7) is 3.13. The first-order valence-electron chi connectivity index (χ1n) is 9.81. The van der Waals surface area contributed by atoms with Crippen LogP contribution in [0, 0.1) is 0 Å². The van der Waals surface area contributed by atoms with Crippen molar-refractivity contribution in [1.82, 2.24) is 10.3 Å². The van der Waals surface area contributed by atoms with Crippen LogP contribution in [0.15, 0.2) is 36.7 Å². The highest BCUT2D eigenvalue weighted by molar-refractivity contribution is 5.96. The van der Waals surface area contributed by atoms with E-state index in [0.717, 1.165) is 31.2 Å². The highest BCUT2D eigenvalue weighted by atomic mass is 16.5. The van der Waals surface area contributed by atoms with Gasteiger partial charge in [0.2, 0.25) is 0 Å². The van der Waals surface area contributed by atoms with Crippen molar-refractivity contribution in [2.24, 2.45) is 0 Å². The molecule has 2 N–H and O–H groups in total. The lowest BCUT2D eigenvalue weighted by atomic mass is 10.0. The van der Waals surface area contributed by atoms with Crippen LogP contribution in [0.4, 0.5) is 0 Å². The van der Waals surface area contributed by atoms with Crippen molar-refractivity contribution >= 4 is 5.91 Å². The molecule has 28 heavy (non-hydrogen) atoms. The van der Waals surface area contributed by atoms with Crippen LogP contribution in [0.2, 0.25) is 0 Å². The fraction of sp³-hybridized carbons (Fsp3) is 0.455. The van der Waals surface area contributed by atoms with Gasteiger partial charge in [-0.15, -0.1) is 0 Å². The first-order valence-corrected chi connectivity index (χ1v) is 9.81. The quantitative estimate of drug-likeness (QED) is 0.548. The molecule has 6 nitrogen and oxygen atoms in total. The van der Waals surface area contributed by atoms with Gasteiger partial charge in [0.15, 0.2) is 11.5 Å². The van der Waals surface area contributed by atoms with E-state index in [1.807, 2.05) is 12.1 Å². The molecule has 0 unspecified atom stereocenters. The summed E-state index contributed by atoms with van der Waals surface area (Å²) in [5, 5.41) is 12.5. The van der Waals surface area contributed by atoms with E-state index in [-0.39, 0.29) is 12.5 Å². The van der Waals surface area contributed by atoms with Crippen LogP contribution in [0.1, 0.15) is 47.7 Å². The number of pyridine rings is 1. The molecule has 152 valence electrons. The number of rotatable bonds is 12. The van der Waals surface area contributed by atoms with Gasteiger partial charge in [-0.1, -0.05) is 19.8 Å². The van der Waals surface area contributed by atoms with Gasteiger partial charge < -0.3 is 19.9 Å². The summed E-state index contributed by atoms with van der Waals surface area (Å²) in [6.07, 6.45) is 7.63. The van der Waals surface area contributed by atoms with Crippen molar-refractivity contribution in [2.45, 2.75) is 39.0 Å². The molecule has 2 rings (SSSR count). The minimum absolute atomic E-state index is 0.0736. The Balaban J connectivity index is 2.13. The van der Waals surface area contributed by atoms with Crippen LogP contribution < -0.4 is 14.8 Å². The van der Waals surface area contributed by atoms with Crippen LogP contribution in [0.3, 0.4) is 0 Å². The fourth-order valence-corrected chi connectivity index (χ4v) is 2.99. The van der Waals surface area contributed by atoms with Gasteiger partial charge in [-0.3, -0.25) is 9.78 Å². The van der Waals surface area contributed by atoms with E-state index in [9.17, 15) is 9.90 Å². The summed E-state index contributed by atoms with van der Waals surface area (Å²) < 4.78 is 11.4. The molecule has 2 aromatic rings. The Morgan fingerprint density at radius 2 is 1.93 bits per heavy atom. The molecular weight excluding hydrogens is 356 g/mol. The van der Waals surface area contributed by atoms with Crippen LogP contribution in [-0.4, -0.2) is 42.9 Å². The van der Waals surface area contributed by atoms with Crippen molar-refractivity contribution in [2.75, 3.05) is 26.9 Å².